The second kappa shape index (κ2) is 4.89. The van der Waals surface area contributed by atoms with E-state index in [4.69, 9.17) is 0 Å². The summed E-state index contributed by atoms with van der Waals surface area (Å²) in [4.78, 5) is 1.45. The van der Waals surface area contributed by atoms with Crippen molar-refractivity contribution in [1.82, 2.24) is 5.32 Å². The molecule has 1 fully saturated rings. The summed E-state index contributed by atoms with van der Waals surface area (Å²) in [7, 11) is 0. The lowest BCUT2D eigenvalue weighted by molar-refractivity contribution is 0.245. The largest absolute Gasteiger partial charge is 0.308 e. The summed E-state index contributed by atoms with van der Waals surface area (Å²) in [6, 6.07) is 5.00. The van der Waals surface area contributed by atoms with Crippen LogP contribution in [0.1, 0.15) is 25.1 Å². The number of thioether (sulfide) groups is 1. The number of hydrogen-bond donors (Lipinski definition) is 1. The van der Waals surface area contributed by atoms with Crippen LogP contribution in [0, 0.1) is 5.41 Å². The Balaban J connectivity index is 1.88. The van der Waals surface area contributed by atoms with Gasteiger partial charge in [-0.15, -0.1) is 11.3 Å². The van der Waals surface area contributed by atoms with Crippen molar-refractivity contribution in [2.45, 2.75) is 32.9 Å². The number of nitrogens with one attached hydrogen (secondary N) is 1. The van der Waals surface area contributed by atoms with Gasteiger partial charge in [0.05, 0.1) is 0 Å². The summed E-state index contributed by atoms with van der Waals surface area (Å²) in [6.45, 7) is 5.81. The average molecular weight is 241 g/mol. The summed E-state index contributed by atoms with van der Waals surface area (Å²) in [5.74, 6) is 2.59. The van der Waals surface area contributed by atoms with Crippen LogP contribution in [0.4, 0.5) is 0 Å². The van der Waals surface area contributed by atoms with E-state index in [1.807, 2.05) is 11.3 Å². The van der Waals surface area contributed by atoms with Crippen LogP contribution in [0.25, 0.3) is 0 Å². The maximum atomic E-state index is 3.70. The molecule has 1 aliphatic rings. The summed E-state index contributed by atoms with van der Waals surface area (Å²) in [5, 5.41) is 5.85. The predicted octanol–water partition coefficient (Wildman–Crippen LogP) is 3.37. The molecule has 1 aromatic heterocycles. The smallest absolute Gasteiger partial charge is 0.0302 e. The lowest BCUT2D eigenvalue weighted by Gasteiger charge is -2.38. The Kier molecular flexibility index (Phi) is 3.75. The Morgan fingerprint density at radius 1 is 1.53 bits per heavy atom. The van der Waals surface area contributed by atoms with Crippen LogP contribution in [0.2, 0.25) is 0 Å². The Hall–Kier alpha value is 0.01000. The molecule has 2 heterocycles. The molecule has 0 bridgehead atoms. The molecule has 0 aromatic carbocycles. The number of rotatable bonds is 3. The molecule has 15 heavy (non-hydrogen) atoms. The summed E-state index contributed by atoms with van der Waals surface area (Å²) < 4.78 is 0. The highest BCUT2D eigenvalue weighted by Crippen LogP contribution is 2.34. The van der Waals surface area contributed by atoms with Crippen molar-refractivity contribution < 1.29 is 0 Å². The first kappa shape index (κ1) is 11.5. The van der Waals surface area contributed by atoms with Crippen LogP contribution < -0.4 is 5.32 Å². The van der Waals surface area contributed by atoms with Crippen molar-refractivity contribution in [1.29, 1.82) is 0 Å². The minimum atomic E-state index is 0.461. The maximum absolute atomic E-state index is 3.70. The highest BCUT2D eigenvalue weighted by atomic mass is 32.2. The summed E-state index contributed by atoms with van der Waals surface area (Å²) in [5.41, 5.74) is 0.461. The summed E-state index contributed by atoms with van der Waals surface area (Å²) >= 11 is 3.93. The molecule has 1 nitrogen and oxygen atoms in total. The van der Waals surface area contributed by atoms with E-state index in [-0.39, 0.29) is 0 Å². The number of thiophene rings is 1. The molecule has 0 saturated carbocycles. The van der Waals surface area contributed by atoms with Crippen molar-refractivity contribution in [3.8, 4) is 0 Å². The standard InChI is InChI=1S/C12H19NS2/c1-12(2)5-7-14-9-11(12)13-8-10-4-3-6-15-10/h3-4,6,11,13H,5,7-9H2,1-2H3. The topological polar surface area (TPSA) is 12.0 Å². The van der Waals surface area contributed by atoms with E-state index in [0.29, 0.717) is 11.5 Å². The van der Waals surface area contributed by atoms with Crippen molar-refractivity contribution in [2.24, 2.45) is 5.41 Å². The van der Waals surface area contributed by atoms with Crippen LogP contribution in [0.5, 0.6) is 0 Å². The maximum Gasteiger partial charge on any atom is 0.0302 e. The molecule has 1 N–H and O–H groups in total. The fraction of sp³-hybridized carbons (Fsp3) is 0.667. The fourth-order valence-electron chi connectivity index (χ4n) is 1.91. The van der Waals surface area contributed by atoms with Crippen LogP contribution in [-0.4, -0.2) is 17.5 Å². The second-order valence-corrected chi connectivity index (χ2v) is 7.01. The van der Waals surface area contributed by atoms with Gasteiger partial charge in [-0.3, -0.25) is 0 Å². The van der Waals surface area contributed by atoms with Gasteiger partial charge in [0.2, 0.25) is 0 Å². The van der Waals surface area contributed by atoms with E-state index >= 15 is 0 Å². The van der Waals surface area contributed by atoms with Gasteiger partial charge in [0.1, 0.15) is 0 Å². The highest BCUT2D eigenvalue weighted by molar-refractivity contribution is 7.99. The molecule has 1 aromatic rings. The van der Waals surface area contributed by atoms with Crippen LogP contribution in [0.15, 0.2) is 17.5 Å². The minimum Gasteiger partial charge on any atom is -0.308 e. The van der Waals surface area contributed by atoms with Gasteiger partial charge in [-0.05, 0) is 29.0 Å². The van der Waals surface area contributed by atoms with Crippen LogP contribution >= 0.6 is 23.1 Å². The van der Waals surface area contributed by atoms with Gasteiger partial charge >= 0.3 is 0 Å². The zero-order chi connectivity index (χ0) is 10.7. The Morgan fingerprint density at radius 2 is 2.40 bits per heavy atom. The molecule has 2 rings (SSSR count). The molecule has 1 aliphatic heterocycles. The van der Waals surface area contributed by atoms with E-state index in [2.05, 4.69) is 48.4 Å². The monoisotopic (exact) mass is 241 g/mol. The van der Waals surface area contributed by atoms with E-state index < -0.39 is 0 Å². The molecular formula is C12H19NS2. The lowest BCUT2D eigenvalue weighted by Crippen LogP contribution is -2.46. The van der Waals surface area contributed by atoms with Gasteiger partial charge < -0.3 is 5.32 Å². The van der Waals surface area contributed by atoms with Gasteiger partial charge in [-0.2, -0.15) is 11.8 Å². The van der Waals surface area contributed by atoms with Crippen molar-refractivity contribution in [3.63, 3.8) is 0 Å². The van der Waals surface area contributed by atoms with Crippen molar-refractivity contribution in [3.05, 3.63) is 22.4 Å². The zero-order valence-electron chi connectivity index (χ0n) is 9.45. The molecule has 0 spiro atoms. The van der Waals surface area contributed by atoms with Crippen molar-refractivity contribution in [2.75, 3.05) is 11.5 Å². The van der Waals surface area contributed by atoms with Gasteiger partial charge in [0.25, 0.3) is 0 Å². The predicted molar refractivity (Wildman–Crippen MR) is 70.7 cm³/mol. The molecule has 0 radical (unpaired) electrons. The van der Waals surface area contributed by atoms with Gasteiger partial charge in [-0.1, -0.05) is 19.9 Å². The van der Waals surface area contributed by atoms with Crippen molar-refractivity contribution >= 4 is 23.1 Å². The second-order valence-electron chi connectivity index (χ2n) is 4.83. The molecule has 0 amide bonds. The minimum absolute atomic E-state index is 0.461. The number of hydrogen-bond acceptors (Lipinski definition) is 3. The Labute approximate surface area is 101 Å². The average Bonchev–Trinajstić information content (AvgIpc) is 2.68. The van der Waals surface area contributed by atoms with Gasteiger partial charge in [0, 0.05) is 23.2 Å². The normalized spacial score (nSPS) is 25.3. The summed E-state index contributed by atoms with van der Waals surface area (Å²) in [6.07, 6.45) is 1.33. The molecule has 0 aliphatic carbocycles. The molecule has 1 unspecified atom stereocenters. The third kappa shape index (κ3) is 2.99. The first-order chi connectivity index (χ1) is 7.18. The lowest BCUT2D eigenvalue weighted by atomic mass is 9.82. The first-order valence-electron chi connectivity index (χ1n) is 5.52. The van der Waals surface area contributed by atoms with Gasteiger partial charge in [0.15, 0.2) is 0 Å². The molecule has 84 valence electrons. The Morgan fingerprint density at radius 3 is 3.07 bits per heavy atom. The quantitative estimate of drug-likeness (QED) is 0.871. The fourth-order valence-corrected chi connectivity index (χ4v) is 4.21. The van der Waals surface area contributed by atoms with E-state index in [1.54, 1.807) is 0 Å². The molecule has 1 saturated heterocycles. The molecule has 3 heteroatoms. The first-order valence-corrected chi connectivity index (χ1v) is 7.55. The van der Waals surface area contributed by atoms with Crippen LogP contribution in [-0.2, 0) is 6.54 Å². The zero-order valence-corrected chi connectivity index (χ0v) is 11.1. The third-order valence-corrected chi connectivity index (χ3v) is 5.16. The molecule has 1 atom stereocenters. The van der Waals surface area contributed by atoms with E-state index in [0.717, 1.165) is 6.54 Å². The van der Waals surface area contributed by atoms with Gasteiger partial charge in [-0.25, -0.2) is 0 Å². The molecular weight excluding hydrogens is 222 g/mol. The third-order valence-electron chi connectivity index (χ3n) is 3.22. The van der Waals surface area contributed by atoms with Crippen LogP contribution in [0.3, 0.4) is 0 Å². The van der Waals surface area contributed by atoms with E-state index in [1.165, 1.54) is 22.8 Å². The Bertz CT molecular complexity index is 293. The highest BCUT2D eigenvalue weighted by Gasteiger charge is 2.31. The van der Waals surface area contributed by atoms with E-state index in [9.17, 15) is 0 Å². The SMILES string of the molecule is CC1(C)CCSCC1NCc1cccs1.